The third-order valence-electron chi connectivity index (χ3n) is 3.37. The molecule has 17 heavy (non-hydrogen) atoms. The fourth-order valence-corrected chi connectivity index (χ4v) is 3.71. The standard InChI is InChI=1S/C14H20BrNS/c1-12-7-8-16(11-14(12)15)9-10-17-13-5-3-2-4-6-13/h2-6,12,14H,7-11H2,1H3. The zero-order valence-corrected chi connectivity index (χ0v) is 12.7. The molecule has 2 atom stereocenters. The van der Waals surface area contributed by atoms with E-state index in [2.05, 4.69) is 58.1 Å². The number of thioether (sulfide) groups is 1. The van der Waals surface area contributed by atoms with Gasteiger partial charge in [-0.15, -0.1) is 11.8 Å². The zero-order chi connectivity index (χ0) is 12.1. The van der Waals surface area contributed by atoms with Gasteiger partial charge in [-0.3, -0.25) is 0 Å². The minimum Gasteiger partial charge on any atom is -0.301 e. The number of likely N-dealkylation sites (tertiary alicyclic amines) is 1. The van der Waals surface area contributed by atoms with Crippen LogP contribution >= 0.6 is 27.7 Å². The van der Waals surface area contributed by atoms with E-state index in [1.807, 2.05) is 11.8 Å². The lowest BCUT2D eigenvalue weighted by molar-refractivity contribution is 0.212. The predicted octanol–water partition coefficient (Wildman–Crippen LogP) is 3.88. The molecule has 1 saturated heterocycles. The lowest BCUT2D eigenvalue weighted by Gasteiger charge is -2.34. The van der Waals surface area contributed by atoms with Crippen molar-refractivity contribution < 1.29 is 0 Å². The number of piperidine rings is 1. The van der Waals surface area contributed by atoms with Gasteiger partial charge in [-0.05, 0) is 31.0 Å². The van der Waals surface area contributed by atoms with Gasteiger partial charge in [0, 0.05) is 28.6 Å². The largest absolute Gasteiger partial charge is 0.301 e. The molecule has 0 aromatic heterocycles. The summed E-state index contributed by atoms with van der Waals surface area (Å²) in [4.78, 5) is 4.64. The summed E-state index contributed by atoms with van der Waals surface area (Å²) in [7, 11) is 0. The molecule has 1 aliphatic rings. The third kappa shape index (κ3) is 4.31. The van der Waals surface area contributed by atoms with Gasteiger partial charge in [-0.25, -0.2) is 0 Å². The van der Waals surface area contributed by atoms with Gasteiger partial charge in [0.25, 0.3) is 0 Å². The minimum atomic E-state index is 0.679. The SMILES string of the molecule is CC1CCN(CCSc2ccccc2)CC1Br. The zero-order valence-electron chi connectivity index (χ0n) is 10.3. The molecule has 2 rings (SSSR count). The van der Waals surface area contributed by atoms with Gasteiger partial charge in [0.05, 0.1) is 0 Å². The molecule has 1 aromatic rings. The molecule has 2 unspecified atom stereocenters. The topological polar surface area (TPSA) is 3.24 Å². The summed E-state index contributed by atoms with van der Waals surface area (Å²) in [5.41, 5.74) is 0. The number of benzene rings is 1. The van der Waals surface area contributed by atoms with Crippen molar-refractivity contribution in [3.05, 3.63) is 30.3 Å². The Morgan fingerprint density at radius 3 is 2.82 bits per heavy atom. The predicted molar refractivity (Wildman–Crippen MR) is 80.1 cm³/mol. The number of nitrogens with zero attached hydrogens (tertiary/aromatic N) is 1. The van der Waals surface area contributed by atoms with E-state index in [4.69, 9.17) is 0 Å². The second-order valence-electron chi connectivity index (χ2n) is 4.74. The molecule has 94 valence electrons. The van der Waals surface area contributed by atoms with E-state index >= 15 is 0 Å². The Morgan fingerprint density at radius 2 is 2.12 bits per heavy atom. The molecule has 3 heteroatoms. The van der Waals surface area contributed by atoms with Gasteiger partial charge in [0.2, 0.25) is 0 Å². The first kappa shape index (κ1) is 13.4. The molecule has 0 N–H and O–H groups in total. The molecule has 1 heterocycles. The fourth-order valence-electron chi connectivity index (χ4n) is 2.10. The van der Waals surface area contributed by atoms with Gasteiger partial charge in [-0.2, -0.15) is 0 Å². The number of rotatable bonds is 4. The fraction of sp³-hybridized carbons (Fsp3) is 0.571. The Kier molecular flexibility index (Phi) is 5.39. The van der Waals surface area contributed by atoms with E-state index in [-0.39, 0.29) is 0 Å². The van der Waals surface area contributed by atoms with Crippen molar-refractivity contribution in [1.29, 1.82) is 0 Å². The van der Waals surface area contributed by atoms with Crippen molar-refractivity contribution >= 4 is 27.7 Å². The molecular weight excluding hydrogens is 294 g/mol. The first-order chi connectivity index (χ1) is 8.25. The quantitative estimate of drug-likeness (QED) is 0.613. The summed E-state index contributed by atoms with van der Waals surface area (Å²) in [5.74, 6) is 2.02. The van der Waals surface area contributed by atoms with Gasteiger partial charge >= 0.3 is 0 Å². The van der Waals surface area contributed by atoms with Crippen LogP contribution < -0.4 is 0 Å². The van der Waals surface area contributed by atoms with Crippen LogP contribution in [0.25, 0.3) is 0 Å². The van der Waals surface area contributed by atoms with Gasteiger partial charge in [0.15, 0.2) is 0 Å². The van der Waals surface area contributed by atoms with E-state index in [9.17, 15) is 0 Å². The highest BCUT2D eigenvalue weighted by Gasteiger charge is 2.23. The van der Waals surface area contributed by atoms with Crippen molar-refractivity contribution in [1.82, 2.24) is 4.90 Å². The molecule has 1 nitrogen and oxygen atoms in total. The van der Waals surface area contributed by atoms with Crippen LogP contribution in [0.1, 0.15) is 13.3 Å². The lowest BCUT2D eigenvalue weighted by Crippen LogP contribution is -2.41. The van der Waals surface area contributed by atoms with Gasteiger partial charge in [-0.1, -0.05) is 41.1 Å². The normalized spacial score (nSPS) is 26.0. The summed E-state index contributed by atoms with van der Waals surface area (Å²) in [6, 6.07) is 10.7. The average molecular weight is 314 g/mol. The molecule has 0 radical (unpaired) electrons. The highest BCUT2D eigenvalue weighted by Crippen LogP contribution is 2.24. The summed E-state index contributed by atoms with van der Waals surface area (Å²) in [5, 5.41) is 0. The van der Waals surface area contributed by atoms with E-state index in [0.717, 1.165) is 5.92 Å². The van der Waals surface area contributed by atoms with Crippen LogP contribution in [0.3, 0.4) is 0 Å². The lowest BCUT2D eigenvalue weighted by atomic mass is 9.99. The van der Waals surface area contributed by atoms with Crippen LogP contribution in [0.2, 0.25) is 0 Å². The Balaban J connectivity index is 1.69. The summed E-state index contributed by atoms with van der Waals surface area (Å²) >= 11 is 5.74. The first-order valence-electron chi connectivity index (χ1n) is 6.30. The number of halogens is 1. The maximum atomic E-state index is 3.78. The van der Waals surface area contributed by atoms with Crippen molar-refractivity contribution in [2.24, 2.45) is 5.92 Å². The summed E-state index contributed by atoms with van der Waals surface area (Å²) in [6.07, 6.45) is 1.33. The van der Waals surface area contributed by atoms with E-state index in [1.54, 1.807) is 0 Å². The molecule has 0 spiro atoms. The van der Waals surface area contributed by atoms with Gasteiger partial charge < -0.3 is 4.90 Å². The van der Waals surface area contributed by atoms with Crippen molar-refractivity contribution in [3.63, 3.8) is 0 Å². The second-order valence-corrected chi connectivity index (χ2v) is 7.09. The Labute approximate surface area is 117 Å². The Bertz CT molecular complexity index is 330. The van der Waals surface area contributed by atoms with E-state index in [1.165, 1.54) is 36.7 Å². The Morgan fingerprint density at radius 1 is 1.35 bits per heavy atom. The monoisotopic (exact) mass is 313 g/mol. The molecule has 0 amide bonds. The van der Waals surface area contributed by atoms with Crippen LogP contribution in [0.15, 0.2) is 35.2 Å². The molecule has 0 aliphatic carbocycles. The van der Waals surface area contributed by atoms with Crippen molar-refractivity contribution in [3.8, 4) is 0 Å². The first-order valence-corrected chi connectivity index (χ1v) is 8.20. The van der Waals surface area contributed by atoms with Crippen molar-refractivity contribution in [2.75, 3.05) is 25.4 Å². The number of hydrogen-bond acceptors (Lipinski definition) is 2. The highest BCUT2D eigenvalue weighted by atomic mass is 79.9. The van der Waals surface area contributed by atoms with Gasteiger partial charge in [0.1, 0.15) is 0 Å². The third-order valence-corrected chi connectivity index (χ3v) is 5.55. The second kappa shape index (κ2) is 6.81. The minimum absolute atomic E-state index is 0.679. The molecular formula is C14H20BrNS. The number of alkyl halides is 1. The Hall–Kier alpha value is 0.01000. The van der Waals surface area contributed by atoms with E-state index in [0.29, 0.717) is 4.83 Å². The highest BCUT2D eigenvalue weighted by molar-refractivity contribution is 9.09. The summed E-state index contributed by atoms with van der Waals surface area (Å²) in [6.45, 7) is 6.01. The molecule has 0 bridgehead atoms. The smallest absolute Gasteiger partial charge is 0.0299 e. The molecule has 1 aliphatic heterocycles. The van der Waals surface area contributed by atoms with Crippen LogP contribution in [0, 0.1) is 5.92 Å². The van der Waals surface area contributed by atoms with Crippen LogP contribution in [-0.2, 0) is 0 Å². The van der Waals surface area contributed by atoms with E-state index < -0.39 is 0 Å². The van der Waals surface area contributed by atoms with Crippen LogP contribution in [0.4, 0.5) is 0 Å². The maximum absolute atomic E-state index is 3.78. The molecule has 1 fully saturated rings. The summed E-state index contributed by atoms with van der Waals surface area (Å²) < 4.78 is 0. The number of hydrogen-bond donors (Lipinski definition) is 0. The average Bonchev–Trinajstić information content (AvgIpc) is 2.35. The van der Waals surface area contributed by atoms with Crippen LogP contribution in [-0.4, -0.2) is 35.1 Å². The van der Waals surface area contributed by atoms with Crippen molar-refractivity contribution in [2.45, 2.75) is 23.1 Å². The maximum Gasteiger partial charge on any atom is 0.0299 e. The van der Waals surface area contributed by atoms with Crippen LogP contribution in [0.5, 0.6) is 0 Å². The molecule has 1 aromatic carbocycles. The molecule has 0 saturated carbocycles.